The lowest BCUT2D eigenvalue weighted by atomic mass is 9.98. The van der Waals surface area contributed by atoms with E-state index in [1.54, 1.807) is 12.3 Å². The number of H-pyrrole nitrogens is 2. The van der Waals surface area contributed by atoms with E-state index in [1.165, 1.54) is 0 Å². The summed E-state index contributed by atoms with van der Waals surface area (Å²) in [6, 6.07) is 7.72. The van der Waals surface area contributed by atoms with Gasteiger partial charge in [-0.15, -0.1) is 0 Å². The third kappa shape index (κ3) is 2.94. The van der Waals surface area contributed by atoms with Gasteiger partial charge in [0.25, 0.3) is 0 Å². The number of alkyl halides is 1. The number of hydrogen-bond acceptors (Lipinski definition) is 6. The van der Waals surface area contributed by atoms with Crippen LogP contribution in [0.3, 0.4) is 0 Å². The molecular weight excluding hydrogens is 359 g/mol. The fraction of sp³-hybridized carbons (Fsp3) is 0.263. The quantitative estimate of drug-likeness (QED) is 0.422. The fourth-order valence-corrected chi connectivity index (χ4v) is 3.37. The molecule has 1 fully saturated rings. The maximum Gasteiger partial charge on any atom is 0.221 e. The average molecular weight is 378 g/mol. The Hall–Kier alpha value is -3.49. The summed E-state index contributed by atoms with van der Waals surface area (Å²) in [5.74, 6) is 1.12. The number of aromatic amines is 2. The largest absolute Gasteiger partial charge is 0.368 e. The van der Waals surface area contributed by atoms with Crippen LogP contribution in [-0.4, -0.2) is 36.3 Å². The van der Waals surface area contributed by atoms with Crippen molar-refractivity contribution in [2.75, 3.05) is 11.1 Å². The number of nitrogens with two attached hydrogens (primary N) is 1. The minimum absolute atomic E-state index is 0.0699. The second-order valence-corrected chi connectivity index (χ2v) is 7.09. The second kappa shape index (κ2) is 6.29. The first-order valence-corrected chi connectivity index (χ1v) is 9.11. The molecule has 5 rings (SSSR count). The first-order chi connectivity index (χ1) is 13.6. The molecule has 28 heavy (non-hydrogen) atoms. The van der Waals surface area contributed by atoms with Gasteiger partial charge in [0.15, 0.2) is 5.82 Å². The van der Waals surface area contributed by atoms with Crippen LogP contribution < -0.4 is 11.1 Å². The molecule has 0 spiro atoms. The number of anilines is 3. The van der Waals surface area contributed by atoms with E-state index in [0.717, 1.165) is 28.0 Å². The normalized spacial score (nSPS) is 19.6. The summed E-state index contributed by atoms with van der Waals surface area (Å²) in [4.78, 5) is 16.4. The van der Waals surface area contributed by atoms with Gasteiger partial charge in [-0.2, -0.15) is 10.1 Å². The summed E-state index contributed by atoms with van der Waals surface area (Å²) >= 11 is 0. The van der Waals surface area contributed by atoms with Crippen LogP contribution in [0.15, 0.2) is 36.7 Å². The topological polar surface area (TPSA) is 121 Å². The Morgan fingerprint density at radius 3 is 2.96 bits per heavy atom. The predicted octanol–water partition coefficient (Wildman–Crippen LogP) is 3.38. The molecule has 0 radical (unpaired) electrons. The summed E-state index contributed by atoms with van der Waals surface area (Å²) in [6.07, 6.45) is 3.32. The molecule has 142 valence electrons. The van der Waals surface area contributed by atoms with Gasteiger partial charge >= 0.3 is 0 Å². The van der Waals surface area contributed by atoms with Crippen LogP contribution in [0.1, 0.15) is 42.1 Å². The van der Waals surface area contributed by atoms with E-state index in [0.29, 0.717) is 18.1 Å². The van der Waals surface area contributed by atoms with Crippen molar-refractivity contribution < 1.29 is 4.39 Å². The highest BCUT2D eigenvalue weighted by Crippen LogP contribution is 2.43. The number of nitrogen functional groups attached to an aromatic ring is 1. The standard InChI is InChI=1S/C19H19FN8/c1-9(13-2-3-14-15(24-13)4-5-22-14)11-8-23-19(21)26-18(11)25-17-7-16(27-28-17)10-6-12(10)20/h2-5,7-10,12,22H,6H2,1H3,(H4,21,23,25,26,27,28)/t9-,10+,12+/m0/s1. The van der Waals surface area contributed by atoms with E-state index >= 15 is 0 Å². The van der Waals surface area contributed by atoms with E-state index < -0.39 is 6.17 Å². The Bertz CT molecular complexity index is 1150. The number of pyridine rings is 1. The van der Waals surface area contributed by atoms with Gasteiger partial charge in [0, 0.05) is 47.2 Å². The number of rotatable bonds is 5. The van der Waals surface area contributed by atoms with Gasteiger partial charge in [-0.05, 0) is 24.6 Å². The third-order valence-corrected chi connectivity index (χ3v) is 5.13. The molecule has 9 heteroatoms. The minimum Gasteiger partial charge on any atom is -0.368 e. The molecule has 0 bridgehead atoms. The number of fused-ring (bicyclic) bond motifs is 1. The Morgan fingerprint density at radius 1 is 1.29 bits per heavy atom. The SMILES string of the molecule is C[C@H](c1ccc2[nH]ccc2n1)c1cnc(N)nc1Nc1cc([C@@H]2C[C@H]2F)[nH]n1. The number of nitrogens with zero attached hydrogens (tertiary/aromatic N) is 4. The molecule has 0 unspecified atom stereocenters. The molecule has 4 aromatic rings. The Kier molecular flexibility index (Phi) is 3.75. The van der Waals surface area contributed by atoms with Crippen molar-refractivity contribution in [2.24, 2.45) is 0 Å². The summed E-state index contributed by atoms with van der Waals surface area (Å²) < 4.78 is 13.3. The van der Waals surface area contributed by atoms with Gasteiger partial charge in [-0.25, -0.2) is 9.37 Å². The number of hydrogen-bond donors (Lipinski definition) is 4. The molecular formula is C19H19FN8. The van der Waals surface area contributed by atoms with Gasteiger partial charge in [0.1, 0.15) is 12.0 Å². The fourth-order valence-electron chi connectivity index (χ4n) is 3.37. The van der Waals surface area contributed by atoms with Crippen molar-refractivity contribution >= 4 is 28.6 Å². The highest BCUT2D eigenvalue weighted by atomic mass is 19.1. The Balaban J connectivity index is 1.46. The van der Waals surface area contributed by atoms with Gasteiger partial charge in [-0.3, -0.25) is 10.1 Å². The molecule has 4 heterocycles. The first kappa shape index (κ1) is 16.7. The number of aromatic nitrogens is 6. The molecule has 1 saturated carbocycles. The third-order valence-electron chi connectivity index (χ3n) is 5.13. The monoisotopic (exact) mass is 378 g/mol. The van der Waals surface area contributed by atoms with E-state index in [1.807, 2.05) is 31.3 Å². The molecule has 5 N–H and O–H groups in total. The minimum atomic E-state index is -0.784. The molecule has 4 aromatic heterocycles. The zero-order valence-corrected chi connectivity index (χ0v) is 15.1. The molecule has 0 saturated heterocycles. The van der Waals surface area contributed by atoms with Crippen LogP contribution in [0.4, 0.5) is 22.0 Å². The molecule has 1 aliphatic carbocycles. The van der Waals surface area contributed by atoms with Crippen molar-refractivity contribution in [3.63, 3.8) is 0 Å². The summed E-state index contributed by atoms with van der Waals surface area (Å²) in [5.41, 5.74) is 10.2. The molecule has 0 aliphatic heterocycles. The summed E-state index contributed by atoms with van der Waals surface area (Å²) in [5, 5.41) is 10.3. The van der Waals surface area contributed by atoms with Crippen LogP contribution in [-0.2, 0) is 0 Å². The molecule has 0 aromatic carbocycles. The highest BCUT2D eigenvalue weighted by Gasteiger charge is 2.40. The molecule has 3 atom stereocenters. The van der Waals surface area contributed by atoms with Crippen LogP contribution in [0.25, 0.3) is 11.0 Å². The Labute approximate surface area is 159 Å². The zero-order chi connectivity index (χ0) is 19.3. The lowest BCUT2D eigenvalue weighted by molar-refractivity contribution is 0.466. The van der Waals surface area contributed by atoms with Crippen molar-refractivity contribution in [3.8, 4) is 0 Å². The van der Waals surface area contributed by atoms with Crippen LogP contribution in [0.5, 0.6) is 0 Å². The second-order valence-electron chi connectivity index (χ2n) is 7.09. The van der Waals surface area contributed by atoms with Crippen molar-refractivity contribution in [1.29, 1.82) is 0 Å². The number of halogens is 1. The average Bonchev–Trinajstić information content (AvgIpc) is 3.09. The maximum atomic E-state index is 13.3. The van der Waals surface area contributed by atoms with Crippen molar-refractivity contribution in [2.45, 2.75) is 31.4 Å². The van der Waals surface area contributed by atoms with Crippen LogP contribution in [0, 0.1) is 0 Å². The molecule has 0 amide bonds. The highest BCUT2D eigenvalue weighted by molar-refractivity contribution is 5.75. The van der Waals surface area contributed by atoms with Gasteiger partial charge in [0.05, 0.1) is 11.0 Å². The number of nitrogens with one attached hydrogen (secondary N) is 3. The van der Waals surface area contributed by atoms with E-state index in [-0.39, 0.29) is 17.8 Å². The van der Waals surface area contributed by atoms with Gasteiger partial charge < -0.3 is 16.0 Å². The maximum absolute atomic E-state index is 13.3. The lowest BCUT2D eigenvalue weighted by Crippen LogP contribution is -2.08. The molecule has 8 nitrogen and oxygen atoms in total. The molecule has 1 aliphatic rings. The summed E-state index contributed by atoms with van der Waals surface area (Å²) in [7, 11) is 0. The van der Waals surface area contributed by atoms with E-state index in [2.05, 4.69) is 30.5 Å². The van der Waals surface area contributed by atoms with Crippen LogP contribution >= 0.6 is 0 Å². The zero-order valence-electron chi connectivity index (χ0n) is 15.1. The lowest BCUT2D eigenvalue weighted by Gasteiger charge is -2.15. The van der Waals surface area contributed by atoms with Gasteiger partial charge in [0.2, 0.25) is 5.95 Å². The smallest absolute Gasteiger partial charge is 0.221 e. The van der Waals surface area contributed by atoms with Crippen molar-refractivity contribution in [1.82, 2.24) is 30.1 Å². The van der Waals surface area contributed by atoms with Crippen molar-refractivity contribution in [3.05, 3.63) is 53.6 Å². The van der Waals surface area contributed by atoms with E-state index in [4.69, 9.17) is 10.7 Å². The Morgan fingerprint density at radius 2 is 2.14 bits per heavy atom. The summed E-state index contributed by atoms with van der Waals surface area (Å²) in [6.45, 7) is 2.04. The van der Waals surface area contributed by atoms with Gasteiger partial charge in [-0.1, -0.05) is 6.92 Å². The van der Waals surface area contributed by atoms with Crippen LogP contribution in [0.2, 0.25) is 0 Å². The van der Waals surface area contributed by atoms with E-state index in [9.17, 15) is 4.39 Å². The predicted molar refractivity (Wildman–Crippen MR) is 104 cm³/mol. The first-order valence-electron chi connectivity index (χ1n) is 9.11.